The maximum Gasteiger partial charge on any atom is 0.313 e. The van der Waals surface area contributed by atoms with E-state index in [1.54, 1.807) is 19.2 Å². The topological polar surface area (TPSA) is 67.4 Å². The molecular formula is C18H19ClN2O3. The summed E-state index contributed by atoms with van der Waals surface area (Å²) in [6.07, 6.45) is 0.619. The standard InChI is InChI=1S/C18H19ClN2O3/c1-12-3-8-15(19)16(11-12)21-18(23)17(22)20-10-9-13-4-6-14(24-2)7-5-13/h3-8,11H,9-10H2,1-2H3,(H,20,22)(H,21,23). The zero-order chi connectivity index (χ0) is 17.5. The molecule has 0 heterocycles. The summed E-state index contributed by atoms with van der Waals surface area (Å²) in [7, 11) is 1.61. The van der Waals surface area contributed by atoms with Crippen LogP contribution in [-0.4, -0.2) is 25.5 Å². The molecule has 6 heteroatoms. The molecule has 2 rings (SSSR count). The molecule has 0 saturated carbocycles. The summed E-state index contributed by atoms with van der Waals surface area (Å²) in [6, 6.07) is 12.7. The van der Waals surface area contributed by atoms with E-state index in [9.17, 15) is 9.59 Å². The Kier molecular flexibility index (Phi) is 6.21. The third-order valence-electron chi connectivity index (χ3n) is 3.43. The first-order chi connectivity index (χ1) is 11.5. The molecule has 0 radical (unpaired) electrons. The summed E-state index contributed by atoms with van der Waals surface area (Å²) in [5, 5.41) is 5.49. The van der Waals surface area contributed by atoms with Gasteiger partial charge >= 0.3 is 11.8 Å². The second-order valence-electron chi connectivity index (χ2n) is 5.29. The summed E-state index contributed by atoms with van der Waals surface area (Å²) in [4.78, 5) is 23.8. The van der Waals surface area contributed by atoms with Crippen molar-refractivity contribution in [3.05, 3.63) is 58.6 Å². The SMILES string of the molecule is COc1ccc(CCNC(=O)C(=O)Nc2cc(C)ccc2Cl)cc1. The highest BCUT2D eigenvalue weighted by Gasteiger charge is 2.14. The first kappa shape index (κ1) is 17.8. The molecule has 5 nitrogen and oxygen atoms in total. The lowest BCUT2D eigenvalue weighted by Crippen LogP contribution is -2.36. The van der Waals surface area contributed by atoms with Gasteiger partial charge in [0.05, 0.1) is 17.8 Å². The summed E-state index contributed by atoms with van der Waals surface area (Å²) in [5.41, 5.74) is 2.40. The van der Waals surface area contributed by atoms with Crippen LogP contribution in [0.5, 0.6) is 5.75 Å². The Bertz CT molecular complexity index is 730. The van der Waals surface area contributed by atoms with Gasteiger partial charge < -0.3 is 15.4 Å². The van der Waals surface area contributed by atoms with Gasteiger partial charge in [0.25, 0.3) is 0 Å². The number of methoxy groups -OCH3 is 1. The van der Waals surface area contributed by atoms with Gasteiger partial charge in [-0.3, -0.25) is 9.59 Å². The lowest BCUT2D eigenvalue weighted by molar-refractivity contribution is -0.136. The first-order valence-electron chi connectivity index (χ1n) is 7.48. The first-order valence-corrected chi connectivity index (χ1v) is 7.85. The van der Waals surface area contributed by atoms with Crippen LogP contribution in [0.4, 0.5) is 5.69 Å². The van der Waals surface area contributed by atoms with E-state index in [0.29, 0.717) is 23.7 Å². The van der Waals surface area contributed by atoms with Crippen molar-refractivity contribution in [2.45, 2.75) is 13.3 Å². The fourth-order valence-electron chi connectivity index (χ4n) is 2.11. The Labute approximate surface area is 146 Å². The maximum atomic E-state index is 11.9. The molecule has 0 aromatic heterocycles. The number of rotatable bonds is 5. The van der Waals surface area contributed by atoms with Crippen LogP contribution in [0.1, 0.15) is 11.1 Å². The average Bonchev–Trinajstić information content (AvgIpc) is 2.58. The van der Waals surface area contributed by atoms with Crippen molar-refractivity contribution in [3.63, 3.8) is 0 Å². The Hall–Kier alpha value is -2.53. The van der Waals surface area contributed by atoms with Crippen LogP contribution in [0.3, 0.4) is 0 Å². The molecular weight excluding hydrogens is 328 g/mol. The number of carbonyl (C=O) groups excluding carboxylic acids is 2. The average molecular weight is 347 g/mol. The van der Waals surface area contributed by atoms with Gasteiger partial charge in [-0.25, -0.2) is 0 Å². The van der Waals surface area contributed by atoms with Gasteiger partial charge in [-0.15, -0.1) is 0 Å². The molecule has 0 spiro atoms. The fraction of sp³-hybridized carbons (Fsp3) is 0.222. The number of anilines is 1. The lowest BCUT2D eigenvalue weighted by atomic mass is 10.1. The lowest BCUT2D eigenvalue weighted by Gasteiger charge is -2.09. The van der Waals surface area contributed by atoms with E-state index in [0.717, 1.165) is 16.9 Å². The Morgan fingerprint density at radius 1 is 1.08 bits per heavy atom. The Morgan fingerprint density at radius 2 is 1.79 bits per heavy atom. The van der Waals surface area contributed by atoms with E-state index in [1.807, 2.05) is 37.3 Å². The second-order valence-corrected chi connectivity index (χ2v) is 5.70. The van der Waals surface area contributed by atoms with Crippen molar-refractivity contribution in [2.24, 2.45) is 0 Å². The van der Waals surface area contributed by atoms with Crippen molar-refractivity contribution in [3.8, 4) is 5.75 Å². The Balaban J connectivity index is 1.83. The van der Waals surface area contributed by atoms with Crippen LogP contribution in [0, 0.1) is 6.92 Å². The van der Waals surface area contributed by atoms with Gasteiger partial charge in [-0.2, -0.15) is 0 Å². The van der Waals surface area contributed by atoms with Crippen molar-refractivity contribution in [1.29, 1.82) is 0 Å². The molecule has 0 unspecified atom stereocenters. The molecule has 0 saturated heterocycles. The van der Waals surface area contributed by atoms with Gasteiger partial charge in [0.15, 0.2) is 0 Å². The monoisotopic (exact) mass is 346 g/mol. The number of halogens is 1. The summed E-state index contributed by atoms with van der Waals surface area (Å²) < 4.78 is 5.08. The third-order valence-corrected chi connectivity index (χ3v) is 3.76. The van der Waals surface area contributed by atoms with E-state index >= 15 is 0 Å². The molecule has 0 bridgehead atoms. The summed E-state index contributed by atoms with van der Waals surface area (Å²) in [6.45, 7) is 2.24. The van der Waals surface area contributed by atoms with Crippen LogP contribution in [0.25, 0.3) is 0 Å². The molecule has 126 valence electrons. The van der Waals surface area contributed by atoms with Crippen LogP contribution in [0.2, 0.25) is 5.02 Å². The number of benzene rings is 2. The van der Waals surface area contributed by atoms with E-state index in [4.69, 9.17) is 16.3 Å². The zero-order valence-electron chi connectivity index (χ0n) is 13.6. The maximum absolute atomic E-state index is 11.9. The molecule has 0 aliphatic rings. The largest absolute Gasteiger partial charge is 0.497 e. The van der Waals surface area contributed by atoms with Crippen molar-refractivity contribution in [1.82, 2.24) is 5.32 Å². The minimum Gasteiger partial charge on any atom is -0.497 e. The van der Waals surface area contributed by atoms with Crippen molar-refractivity contribution < 1.29 is 14.3 Å². The number of carbonyl (C=O) groups is 2. The summed E-state index contributed by atoms with van der Waals surface area (Å²) >= 11 is 6.00. The molecule has 2 aromatic carbocycles. The van der Waals surface area contributed by atoms with Gasteiger partial charge in [-0.1, -0.05) is 29.8 Å². The van der Waals surface area contributed by atoms with Gasteiger partial charge in [0.1, 0.15) is 5.75 Å². The molecule has 0 atom stereocenters. The molecule has 2 aromatic rings. The normalized spacial score (nSPS) is 10.1. The molecule has 0 aliphatic carbocycles. The van der Waals surface area contributed by atoms with Crippen molar-refractivity contribution in [2.75, 3.05) is 19.0 Å². The third kappa shape index (κ3) is 4.99. The highest BCUT2D eigenvalue weighted by Crippen LogP contribution is 2.22. The number of ether oxygens (including phenoxy) is 1. The minimum absolute atomic E-state index is 0.361. The highest BCUT2D eigenvalue weighted by molar-refractivity contribution is 6.41. The number of hydrogen-bond donors (Lipinski definition) is 2. The molecule has 2 amide bonds. The van der Waals surface area contributed by atoms with E-state index < -0.39 is 11.8 Å². The highest BCUT2D eigenvalue weighted by atomic mass is 35.5. The second kappa shape index (κ2) is 8.36. The quantitative estimate of drug-likeness (QED) is 0.818. The fourth-order valence-corrected chi connectivity index (χ4v) is 2.27. The van der Waals surface area contributed by atoms with Gasteiger partial charge in [0, 0.05) is 6.54 Å². The number of hydrogen-bond acceptors (Lipinski definition) is 3. The smallest absolute Gasteiger partial charge is 0.313 e. The molecule has 2 N–H and O–H groups in total. The van der Waals surface area contributed by atoms with E-state index in [2.05, 4.69) is 10.6 Å². The van der Waals surface area contributed by atoms with Crippen molar-refractivity contribution >= 4 is 29.1 Å². The minimum atomic E-state index is -0.739. The van der Waals surface area contributed by atoms with Gasteiger partial charge in [-0.05, 0) is 48.7 Å². The van der Waals surface area contributed by atoms with Crippen LogP contribution >= 0.6 is 11.6 Å². The van der Waals surface area contributed by atoms with Crippen LogP contribution < -0.4 is 15.4 Å². The predicted octanol–water partition coefficient (Wildman–Crippen LogP) is 2.95. The zero-order valence-corrected chi connectivity index (χ0v) is 14.3. The van der Waals surface area contributed by atoms with Crippen LogP contribution in [-0.2, 0) is 16.0 Å². The number of amides is 2. The van der Waals surface area contributed by atoms with Gasteiger partial charge in [0.2, 0.25) is 0 Å². The van der Waals surface area contributed by atoms with E-state index in [1.165, 1.54) is 0 Å². The molecule has 24 heavy (non-hydrogen) atoms. The Morgan fingerprint density at radius 3 is 2.46 bits per heavy atom. The predicted molar refractivity (Wildman–Crippen MR) is 94.5 cm³/mol. The number of nitrogens with one attached hydrogen (secondary N) is 2. The molecule has 0 aliphatic heterocycles. The summed E-state index contributed by atoms with van der Waals surface area (Å²) in [5.74, 6) is -0.657. The van der Waals surface area contributed by atoms with E-state index in [-0.39, 0.29) is 0 Å². The molecule has 0 fully saturated rings. The number of aryl methyl sites for hydroxylation is 1. The van der Waals surface area contributed by atoms with Crippen LogP contribution in [0.15, 0.2) is 42.5 Å².